The van der Waals surface area contributed by atoms with E-state index in [-0.39, 0.29) is 5.91 Å². The van der Waals surface area contributed by atoms with Crippen molar-refractivity contribution >= 4 is 23.2 Å². The summed E-state index contributed by atoms with van der Waals surface area (Å²) in [6, 6.07) is 8.11. The lowest BCUT2D eigenvalue weighted by atomic mass is 9.83. The topological polar surface area (TPSA) is 79.7 Å². The van der Waals surface area contributed by atoms with Crippen LogP contribution in [0.5, 0.6) is 0 Å². The Labute approximate surface area is 204 Å². The maximum Gasteiger partial charge on any atom is 0.337 e. The summed E-state index contributed by atoms with van der Waals surface area (Å²) in [5, 5.41) is 10.2. The number of fused-ring (bicyclic) bond motifs is 1. The molecule has 1 aliphatic heterocycles. The number of thiazole rings is 1. The van der Waals surface area contributed by atoms with Crippen molar-refractivity contribution in [1.82, 2.24) is 9.88 Å². The molecule has 1 atom stereocenters. The zero-order valence-electron chi connectivity index (χ0n) is 20.4. The molecule has 0 saturated heterocycles. The van der Waals surface area contributed by atoms with E-state index in [0.29, 0.717) is 23.5 Å². The van der Waals surface area contributed by atoms with Gasteiger partial charge < -0.3 is 14.7 Å². The van der Waals surface area contributed by atoms with E-state index in [1.807, 2.05) is 65.8 Å². The Morgan fingerprint density at radius 3 is 2.21 bits per heavy atom. The van der Waals surface area contributed by atoms with Crippen molar-refractivity contribution in [3.05, 3.63) is 74.2 Å². The highest BCUT2D eigenvalue weighted by Crippen LogP contribution is 2.44. The third-order valence-corrected chi connectivity index (χ3v) is 7.01. The van der Waals surface area contributed by atoms with Crippen molar-refractivity contribution in [1.29, 1.82) is 0 Å². The van der Waals surface area contributed by atoms with Gasteiger partial charge in [0.05, 0.1) is 17.3 Å². The highest BCUT2D eigenvalue weighted by Gasteiger charge is 2.36. The number of aryl methyl sites for hydroxylation is 1. The minimum atomic E-state index is -1.13. The molecule has 2 aromatic carbocycles. The molecule has 1 unspecified atom stereocenters. The standard InChI is InChI=1S/C27H30N2O4S/c1-15-7-9-18(10-8-15)22-16(2)19-12-29(25(30)21-11-28-14-34-21)13-20(19)17(3)23(22)24(26(31)32)33-27(4,5)6/h7-11,14,24H,12-13H2,1-6H3,(H,31,32). The van der Waals surface area contributed by atoms with Crippen LogP contribution in [0.15, 0.2) is 36.0 Å². The third kappa shape index (κ3) is 4.50. The molecule has 2 heterocycles. The lowest BCUT2D eigenvalue weighted by molar-refractivity contribution is -0.160. The first-order chi connectivity index (χ1) is 16.0. The molecular formula is C27H30N2O4S. The van der Waals surface area contributed by atoms with Gasteiger partial charge in [-0.1, -0.05) is 29.8 Å². The molecule has 1 N–H and O–H groups in total. The van der Waals surface area contributed by atoms with E-state index in [4.69, 9.17) is 4.74 Å². The molecule has 178 valence electrons. The fraction of sp³-hybridized carbons (Fsp3) is 0.370. The molecule has 0 bridgehead atoms. The van der Waals surface area contributed by atoms with Crippen molar-refractivity contribution in [2.45, 2.75) is 66.3 Å². The minimum absolute atomic E-state index is 0.0586. The van der Waals surface area contributed by atoms with Crippen LogP contribution in [0.2, 0.25) is 0 Å². The van der Waals surface area contributed by atoms with Gasteiger partial charge in [0, 0.05) is 18.7 Å². The quantitative estimate of drug-likeness (QED) is 0.499. The van der Waals surface area contributed by atoms with Crippen molar-refractivity contribution in [2.75, 3.05) is 0 Å². The van der Waals surface area contributed by atoms with E-state index >= 15 is 0 Å². The first-order valence-corrected chi connectivity index (χ1v) is 12.2. The molecule has 0 saturated carbocycles. The number of rotatable bonds is 5. The van der Waals surface area contributed by atoms with Gasteiger partial charge in [0.15, 0.2) is 6.10 Å². The normalized spacial score (nSPS) is 14.2. The second-order valence-corrected chi connectivity index (χ2v) is 10.7. The number of carboxylic acids is 1. The molecule has 0 spiro atoms. The van der Waals surface area contributed by atoms with Crippen LogP contribution in [0.25, 0.3) is 11.1 Å². The molecule has 34 heavy (non-hydrogen) atoms. The first kappa shape index (κ1) is 24.1. The van der Waals surface area contributed by atoms with Gasteiger partial charge in [0.2, 0.25) is 0 Å². The Kier molecular flexibility index (Phi) is 6.36. The minimum Gasteiger partial charge on any atom is -0.479 e. The lowest BCUT2D eigenvalue weighted by Crippen LogP contribution is -2.28. The number of benzene rings is 2. The summed E-state index contributed by atoms with van der Waals surface area (Å²) in [5.74, 6) is -1.09. The zero-order chi connectivity index (χ0) is 24.8. The Morgan fingerprint density at radius 1 is 1.06 bits per heavy atom. The highest BCUT2D eigenvalue weighted by molar-refractivity contribution is 7.11. The van der Waals surface area contributed by atoms with E-state index in [1.54, 1.807) is 16.6 Å². The van der Waals surface area contributed by atoms with E-state index in [2.05, 4.69) is 4.98 Å². The van der Waals surface area contributed by atoms with Gasteiger partial charge in [0.1, 0.15) is 4.88 Å². The number of carboxylic acid groups (broad SMARTS) is 1. The Morgan fingerprint density at radius 2 is 1.68 bits per heavy atom. The van der Waals surface area contributed by atoms with E-state index in [1.165, 1.54) is 11.3 Å². The van der Waals surface area contributed by atoms with Crippen LogP contribution in [-0.4, -0.2) is 32.5 Å². The average Bonchev–Trinajstić information content (AvgIpc) is 3.45. The van der Waals surface area contributed by atoms with Crippen LogP contribution in [-0.2, 0) is 22.6 Å². The smallest absolute Gasteiger partial charge is 0.337 e. The number of aromatic nitrogens is 1. The van der Waals surface area contributed by atoms with Crippen molar-refractivity contribution in [3.8, 4) is 11.1 Å². The summed E-state index contributed by atoms with van der Waals surface area (Å²) >= 11 is 1.32. The molecule has 6 nitrogen and oxygen atoms in total. The number of carbonyl (C=O) groups excluding carboxylic acids is 1. The lowest BCUT2D eigenvalue weighted by Gasteiger charge is -2.29. The molecule has 1 aromatic heterocycles. The van der Waals surface area contributed by atoms with Crippen LogP contribution in [0.3, 0.4) is 0 Å². The molecule has 3 aromatic rings. The van der Waals surface area contributed by atoms with Gasteiger partial charge in [-0.05, 0) is 74.9 Å². The fourth-order valence-corrected chi connectivity index (χ4v) is 5.24. The summed E-state index contributed by atoms with van der Waals surface area (Å²) < 4.78 is 6.11. The van der Waals surface area contributed by atoms with Crippen molar-refractivity contribution in [2.24, 2.45) is 0 Å². The van der Waals surface area contributed by atoms with Gasteiger partial charge in [-0.2, -0.15) is 0 Å². The predicted octanol–water partition coefficient (Wildman–Crippen LogP) is 5.83. The number of ether oxygens (including phenoxy) is 1. The third-order valence-electron chi connectivity index (χ3n) is 6.24. The fourth-order valence-electron chi connectivity index (χ4n) is 4.65. The molecular weight excluding hydrogens is 448 g/mol. The molecule has 0 fully saturated rings. The zero-order valence-corrected chi connectivity index (χ0v) is 21.2. The van der Waals surface area contributed by atoms with Crippen LogP contribution < -0.4 is 0 Å². The van der Waals surface area contributed by atoms with Crippen molar-refractivity contribution < 1.29 is 19.4 Å². The molecule has 0 aliphatic carbocycles. The molecule has 1 amide bonds. The van der Waals surface area contributed by atoms with E-state index < -0.39 is 17.7 Å². The van der Waals surface area contributed by atoms with Crippen LogP contribution in [0.1, 0.15) is 69.9 Å². The Hall–Kier alpha value is -3.03. The SMILES string of the molecule is Cc1ccc(-c2c(C)c3c(c(C)c2C(OC(C)(C)C)C(=O)O)CN(C(=O)c2cncs2)C3)cc1. The second-order valence-electron chi connectivity index (χ2n) is 9.84. The van der Waals surface area contributed by atoms with Gasteiger partial charge in [0.25, 0.3) is 5.91 Å². The summed E-state index contributed by atoms with van der Waals surface area (Å²) in [4.78, 5) is 32.0. The van der Waals surface area contributed by atoms with Gasteiger partial charge >= 0.3 is 5.97 Å². The Balaban J connectivity index is 1.91. The number of nitrogens with zero attached hydrogens (tertiary/aromatic N) is 2. The number of amides is 1. The number of carbonyl (C=O) groups is 2. The number of aliphatic carboxylic acids is 1. The first-order valence-electron chi connectivity index (χ1n) is 11.3. The van der Waals surface area contributed by atoms with Crippen LogP contribution >= 0.6 is 11.3 Å². The number of hydrogen-bond donors (Lipinski definition) is 1. The summed E-state index contributed by atoms with van der Waals surface area (Å²) in [6.07, 6.45) is 0.461. The summed E-state index contributed by atoms with van der Waals surface area (Å²) in [7, 11) is 0. The molecule has 1 aliphatic rings. The Bertz CT molecular complexity index is 1240. The van der Waals surface area contributed by atoms with Gasteiger partial charge in [-0.3, -0.25) is 9.78 Å². The van der Waals surface area contributed by atoms with Gasteiger partial charge in [-0.15, -0.1) is 11.3 Å². The number of hydrogen-bond acceptors (Lipinski definition) is 5. The molecule has 0 radical (unpaired) electrons. The monoisotopic (exact) mass is 478 g/mol. The maximum atomic E-state index is 13.1. The van der Waals surface area contributed by atoms with Crippen molar-refractivity contribution in [3.63, 3.8) is 0 Å². The second kappa shape index (κ2) is 8.96. The van der Waals surface area contributed by atoms with Gasteiger partial charge in [-0.25, -0.2) is 4.79 Å². The van der Waals surface area contributed by atoms with E-state index in [9.17, 15) is 14.7 Å². The van der Waals surface area contributed by atoms with Crippen LogP contribution in [0, 0.1) is 20.8 Å². The summed E-state index contributed by atoms with van der Waals surface area (Å²) in [5.41, 5.74) is 8.55. The predicted molar refractivity (Wildman–Crippen MR) is 133 cm³/mol. The summed E-state index contributed by atoms with van der Waals surface area (Å²) in [6.45, 7) is 12.5. The average molecular weight is 479 g/mol. The molecule has 4 rings (SSSR count). The molecule has 7 heteroatoms. The maximum absolute atomic E-state index is 13.1. The highest BCUT2D eigenvalue weighted by atomic mass is 32.1. The van der Waals surface area contributed by atoms with E-state index in [0.717, 1.165) is 38.9 Å². The largest absolute Gasteiger partial charge is 0.479 e. The van der Waals surface area contributed by atoms with Crippen LogP contribution in [0.4, 0.5) is 0 Å².